The third-order valence-corrected chi connectivity index (χ3v) is 6.98. The Morgan fingerprint density at radius 3 is 2.78 bits per heavy atom. The second-order valence-electron chi connectivity index (χ2n) is 9.66. The maximum absolute atomic E-state index is 14.2. The van der Waals surface area contributed by atoms with Gasteiger partial charge in [0.05, 0.1) is 66.4 Å². The SMILES string of the molecule is N#Cc1ccc(COc2cncc(N3C=NN(Cc4nc5ccc(C(=O)O)cc5n4C[C@@H]4CCO4)CC3)n2)c(F)c1. The summed E-state index contributed by atoms with van der Waals surface area (Å²) >= 11 is 0. The quantitative estimate of drug-likeness (QED) is 0.327. The molecule has 13 heteroatoms. The van der Waals surface area contributed by atoms with Crippen LogP contribution in [-0.4, -0.2) is 67.7 Å². The Labute approximate surface area is 233 Å². The summed E-state index contributed by atoms with van der Waals surface area (Å²) in [4.78, 5) is 26.8. The predicted octanol–water partition coefficient (Wildman–Crippen LogP) is 3.17. The minimum Gasteiger partial charge on any atom is -0.478 e. The van der Waals surface area contributed by atoms with E-state index in [-0.39, 0.29) is 29.7 Å². The number of nitriles is 1. The Bertz CT molecular complexity index is 1680. The highest BCUT2D eigenvalue weighted by Crippen LogP contribution is 2.24. The zero-order chi connectivity index (χ0) is 28.3. The van der Waals surface area contributed by atoms with Crippen LogP contribution in [0.15, 0.2) is 53.9 Å². The van der Waals surface area contributed by atoms with E-state index in [9.17, 15) is 14.3 Å². The smallest absolute Gasteiger partial charge is 0.335 e. The summed E-state index contributed by atoms with van der Waals surface area (Å²) in [7, 11) is 0. The van der Waals surface area contributed by atoms with E-state index in [1.54, 1.807) is 30.7 Å². The average Bonchev–Trinajstić information content (AvgIpc) is 3.30. The highest BCUT2D eigenvalue weighted by molar-refractivity contribution is 5.92. The van der Waals surface area contributed by atoms with Crippen LogP contribution in [-0.2, 0) is 24.4 Å². The molecule has 208 valence electrons. The molecule has 1 saturated heterocycles. The third-order valence-electron chi connectivity index (χ3n) is 6.98. The van der Waals surface area contributed by atoms with E-state index in [4.69, 9.17) is 19.7 Å². The van der Waals surface area contributed by atoms with Gasteiger partial charge in [0.25, 0.3) is 0 Å². The number of carboxylic acids is 1. The molecule has 0 unspecified atom stereocenters. The summed E-state index contributed by atoms with van der Waals surface area (Å²) in [5.74, 6) is 0.0266. The van der Waals surface area contributed by atoms with Crippen molar-refractivity contribution in [1.82, 2.24) is 24.5 Å². The van der Waals surface area contributed by atoms with Crippen LogP contribution in [0.25, 0.3) is 11.0 Å². The van der Waals surface area contributed by atoms with Crippen molar-refractivity contribution in [2.75, 3.05) is 24.6 Å². The molecule has 0 aliphatic carbocycles. The molecule has 2 aliphatic heterocycles. The predicted molar refractivity (Wildman–Crippen MR) is 145 cm³/mol. The molecule has 0 saturated carbocycles. The fraction of sp³-hybridized carbons (Fsp3) is 0.286. The Morgan fingerprint density at radius 1 is 1.20 bits per heavy atom. The molecule has 2 aliphatic rings. The Balaban J connectivity index is 1.14. The normalized spacial score (nSPS) is 16.4. The molecule has 41 heavy (non-hydrogen) atoms. The second-order valence-corrected chi connectivity index (χ2v) is 9.66. The lowest BCUT2D eigenvalue weighted by Crippen LogP contribution is -2.38. The van der Waals surface area contributed by atoms with Gasteiger partial charge in [-0.25, -0.2) is 14.2 Å². The number of hydrogen-bond acceptors (Lipinski definition) is 10. The summed E-state index contributed by atoms with van der Waals surface area (Å²) in [6.07, 6.45) is 5.71. The maximum atomic E-state index is 14.2. The van der Waals surface area contributed by atoms with E-state index in [1.165, 1.54) is 24.4 Å². The Morgan fingerprint density at radius 2 is 2.07 bits per heavy atom. The zero-order valence-electron chi connectivity index (χ0n) is 21.9. The average molecular weight is 557 g/mol. The summed E-state index contributed by atoms with van der Waals surface area (Å²) < 4.78 is 27.5. The molecule has 4 heterocycles. The van der Waals surface area contributed by atoms with E-state index in [0.717, 1.165) is 29.9 Å². The van der Waals surface area contributed by atoms with Gasteiger partial charge in [0, 0.05) is 18.7 Å². The van der Waals surface area contributed by atoms with Gasteiger partial charge in [-0.1, -0.05) is 6.07 Å². The van der Waals surface area contributed by atoms with Crippen molar-refractivity contribution in [3.05, 3.63) is 77.1 Å². The van der Waals surface area contributed by atoms with Gasteiger partial charge in [-0.15, -0.1) is 0 Å². The summed E-state index contributed by atoms with van der Waals surface area (Å²) in [5.41, 5.74) is 2.23. The molecule has 2 aromatic heterocycles. The number of ether oxygens (including phenoxy) is 2. The third kappa shape index (κ3) is 5.64. The van der Waals surface area contributed by atoms with Crippen LogP contribution in [0, 0.1) is 17.1 Å². The van der Waals surface area contributed by atoms with Crippen LogP contribution in [0.3, 0.4) is 0 Å². The number of anilines is 1. The lowest BCUT2D eigenvalue weighted by molar-refractivity contribution is -0.0592. The first-order chi connectivity index (χ1) is 20.0. The van der Waals surface area contributed by atoms with Crippen molar-refractivity contribution in [2.45, 2.75) is 32.2 Å². The van der Waals surface area contributed by atoms with Gasteiger partial charge in [0.2, 0.25) is 5.88 Å². The van der Waals surface area contributed by atoms with E-state index in [1.807, 2.05) is 20.5 Å². The summed E-state index contributed by atoms with van der Waals surface area (Å²) in [5, 5.41) is 24.8. The Kier molecular flexibility index (Phi) is 7.13. The zero-order valence-corrected chi connectivity index (χ0v) is 21.9. The fourth-order valence-electron chi connectivity index (χ4n) is 4.62. The first-order valence-corrected chi connectivity index (χ1v) is 13.0. The van der Waals surface area contributed by atoms with E-state index < -0.39 is 11.8 Å². The van der Waals surface area contributed by atoms with Gasteiger partial charge in [-0.05, 0) is 36.8 Å². The molecule has 4 aromatic rings. The van der Waals surface area contributed by atoms with Crippen molar-refractivity contribution in [3.63, 3.8) is 0 Å². The molecule has 0 radical (unpaired) electrons. The van der Waals surface area contributed by atoms with Gasteiger partial charge in [-0.3, -0.25) is 9.99 Å². The number of fused-ring (bicyclic) bond motifs is 1. The van der Waals surface area contributed by atoms with Crippen molar-refractivity contribution >= 4 is 29.2 Å². The number of carbonyl (C=O) groups is 1. The van der Waals surface area contributed by atoms with Crippen LogP contribution in [0.1, 0.15) is 33.7 Å². The number of aromatic carboxylic acids is 1. The van der Waals surface area contributed by atoms with E-state index in [2.05, 4.69) is 15.1 Å². The molecule has 12 nitrogen and oxygen atoms in total. The van der Waals surface area contributed by atoms with Crippen molar-refractivity contribution in [2.24, 2.45) is 5.10 Å². The van der Waals surface area contributed by atoms with Gasteiger partial charge in [0.15, 0.2) is 5.82 Å². The topological polar surface area (TPSA) is 142 Å². The number of nitrogens with zero attached hydrogens (tertiary/aromatic N) is 8. The highest BCUT2D eigenvalue weighted by Gasteiger charge is 2.24. The van der Waals surface area contributed by atoms with Crippen LogP contribution in [0.5, 0.6) is 5.88 Å². The monoisotopic (exact) mass is 556 g/mol. The largest absolute Gasteiger partial charge is 0.478 e. The molecule has 1 N–H and O–H groups in total. The number of rotatable bonds is 9. The highest BCUT2D eigenvalue weighted by atomic mass is 19.1. The van der Waals surface area contributed by atoms with Gasteiger partial charge < -0.3 is 24.0 Å². The first-order valence-electron chi connectivity index (χ1n) is 13.0. The molecule has 1 atom stereocenters. The summed E-state index contributed by atoms with van der Waals surface area (Å²) in [6.45, 7) is 2.83. The van der Waals surface area contributed by atoms with Gasteiger partial charge >= 0.3 is 5.97 Å². The molecular weight excluding hydrogens is 531 g/mol. The lowest BCUT2D eigenvalue weighted by Gasteiger charge is -2.30. The van der Waals surface area contributed by atoms with Crippen LogP contribution in [0.2, 0.25) is 0 Å². The number of imidazole rings is 1. The van der Waals surface area contributed by atoms with Crippen LogP contribution < -0.4 is 9.64 Å². The number of benzene rings is 2. The number of hydrogen-bond donors (Lipinski definition) is 1. The van der Waals surface area contributed by atoms with E-state index in [0.29, 0.717) is 37.6 Å². The number of aromatic nitrogens is 4. The van der Waals surface area contributed by atoms with Gasteiger partial charge in [0.1, 0.15) is 24.6 Å². The maximum Gasteiger partial charge on any atom is 0.335 e. The van der Waals surface area contributed by atoms with Crippen molar-refractivity contribution in [3.8, 4) is 11.9 Å². The number of halogens is 1. The minimum atomic E-state index is -0.985. The number of hydrazone groups is 1. The lowest BCUT2D eigenvalue weighted by atomic mass is 10.1. The van der Waals surface area contributed by atoms with E-state index >= 15 is 0 Å². The molecular formula is C28H25FN8O4. The molecule has 2 aromatic carbocycles. The number of carboxylic acid groups (broad SMARTS) is 1. The summed E-state index contributed by atoms with van der Waals surface area (Å²) in [6, 6.07) is 11.0. The standard InChI is InChI=1S/C28H25FN8O4/c29-22-9-18(11-30)1-2-20(22)16-41-27-13-31-12-25(34-27)35-6-7-36(32-17-35)15-26-33-23-4-3-19(28(38)39)10-24(23)37(26)14-21-5-8-40-21/h1-4,9-10,12-13,17,21H,5-8,14-16H2,(H,38,39)/t21-/m0/s1. The van der Waals surface area contributed by atoms with Crippen molar-refractivity contribution in [1.29, 1.82) is 5.26 Å². The Hall–Kier alpha value is -5.09. The molecule has 0 spiro atoms. The minimum absolute atomic E-state index is 0.0571. The molecule has 6 rings (SSSR count). The molecule has 0 amide bonds. The van der Waals surface area contributed by atoms with Crippen LogP contribution in [0.4, 0.5) is 10.2 Å². The van der Waals surface area contributed by atoms with Crippen molar-refractivity contribution < 1.29 is 23.8 Å². The van der Waals surface area contributed by atoms with Crippen LogP contribution >= 0.6 is 0 Å². The molecule has 0 bridgehead atoms. The fourth-order valence-corrected chi connectivity index (χ4v) is 4.62. The first kappa shape index (κ1) is 26.1. The van der Waals surface area contributed by atoms with Gasteiger partial charge in [-0.2, -0.15) is 15.3 Å². The second kappa shape index (κ2) is 11.2. The molecule has 1 fully saturated rings.